The SMILES string of the molecule is O=C(COC(=O)CNC(=O)c1ccco1)NCCc1ccc(Cl)cc1. The molecule has 0 spiro atoms. The van der Waals surface area contributed by atoms with Crippen LogP contribution in [0.15, 0.2) is 47.1 Å². The average Bonchev–Trinajstić information content (AvgIpc) is 3.14. The Bertz CT molecular complexity index is 713. The van der Waals surface area contributed by atoms with Crippen LogP contribution >= 0.6 is 11.6 Å². The molecule has 0 aliphatic heterocycles. The number of halogens is 1. The van der Waals surface area contributed by atoms with Gasteiger partial charge < -0.3 is 19.8 Å². The van der Waals surface area contributed by atoms with Gasteiger partial charge >= 0.3 is 5.97 Å². The predicted molar refractivity (Wildman–Crippen MR) is 90.2 cm³/mol. The molecule has 8 heteroatoms. The van der Waals surface area contributed by atoms with Gasteiger partial charge in [-0.2, -0.15) is 0 Å². The normalized spacial score (nSPS) is 10.1. The largest absolute Gasteiger partial charge is 0.459 e. The Morgan fingerprint density at radius 2 is 1.84 bits per heavy atom. The van der Waals surface area contributed by atoms with Gasteiger partial charge in [0.25, 0.3) is 11.8 Å². The summed E-state index contributed by atoms with van der Waals surface area (Å²) in [6.07, 6.45) is 1.98. The van der Waals surface area contributed by atoms with Crippen LogP contribution in [0.1, 0.15) is 16.1 Å². The van der Waals surface area contributed by atoms with Crippen molar-refractivity contribution in [2.24, 2.45) is 0 Å². The van der Waals surface area contributed by atoms with E-state index in [1.807, 2.05) is 12.1 Å². The second kappa shape index (κ2) is 9.48. The molecular weight excluding hydrogens is 348 g/mol. The zero-order valence-corrected chi connectivity index (χ0v) is 14.0. The van der Waals surface area contributed by atoms with E-state index in [1.165, 1.54) is 12.3 Å². The van der Waals surface area contributed by atoms with E-state index < -0.39 is 24.4 Å². The Labute approximate surface area is 149 Å². The molecule has 0 saturated carbocycles. The Kier molecular flexibility index (Phi) is 7.03. The van der Waals surface area contributed by atoms with Crippen molar-refractivity contribution in [1.29, 1.82) is 0 Å². The minimum Gasteiger partial charge on any atom is -0.459 e. The summed E-state index contributed by atoms with van der Waals surface area (Å²) >= 11 is 5.79. The number of hydrogen-bond donors (Lipinski definition) is 2. The van der Waals surface area contributed by atoms with Crippen LogP contribution in [-0.4, -0.2) is 37.5 Å². The quantitative estimate of drug-likeness (QED) is 0.693. The van der Waals surface area contributed by atoms with Gasteiger partial charge in [-0.25, -0.2) is 0 Å². The highest BCUT2D eigenvalue weighted by Gasteiger charge is 2.12. The molecule has 0 unspecified atom stereocenters. The van der Waals surface area contributed by atoms with Gasteiger partial charge in [0.1, 0.15) is 6.54 Å². The van der Waals surface area contributed by atoms with Gasteiger partial charge in [-0.05, 0) is 36.2 Å². The molecule has 25 heavy (non-hydrogen) atoms. The summed E-state index contributed by atoms with van der Waals surface area (Å²) < 4.78 is 9.65. The molecule has 7 nitrogen and oxygen atoms in total. The molecule has 2 rings (SSSR count). The number of rotatable bonds is 8. The van der Waals surface area contributed by atoms with E-state index in [4.69, 9.17) is 20.8 Å². The number of carbonyl (C=O) groups is 3. The maximum absolute atomic E-state index is 11.6. The van der Waals surface area contributed by atoms with Crippen molar-refractivity contribution in [3.63, 3.8) is 0 Å². The molecule has 0 radical (unpaired) electrons. The lowest BCUT2D eigenvalue weighted by Crippen LogP contribution is -2.34. The number of hydrogen-bond acceptors (Lipinski definition) is 5. The maximum atomic E-state index is 11.6. The highest BCUT2D eigenvalue weighted by molar-refractivity contribution is 6.30. The smallest absolute Gasteiger partial charge is 0.325 e. The molecule has 1 heterocycles. The molecule has 2 aromatic rings. The summed E-state index contributed by atoms with van der Waals surface area (Å²) in [6.45, 7) is -0.346. The van der Waals surface area contributed by atoms with E-state index in [-0.39, 0.29) is 12.3 Å². The van der Waals surface area contributed by atoms with E-state index in [2.05, 4.69) is 10.6 Å². The van der Waals surface area contributed by atoms with Crippen LogP contribution in [0.3, 0.4) is 0 Å². The summed E-state index contributed by atoms with van der Waals surface area (Å²) in [6, 6.07) is 10.3. The van der Waals surface area contributed by atoms with Crippen LogP contribution < -0.4 is 10.6 Å². The molecule has 132 valence electrons. The lowest BCUT2D eigenvalue weighted by molar-refractivity contribution is -0.147. The van der Waals surface area contributed by atoms with Gasteiger partial charge in [0.2, 0.25) is 0 Å². The topological polar surface area (TPSA) is 97.6 Å². The fourth-order valence-electron chi connectivity index (χ4n) is 1.89. The van der Waals surface area contributed by atoms with Crippen molar-refractivity contribution in [1.82, 2.24) is 10.6 Å². The fraction of sp³-hybridized carbons (Fsp3) is 0.235. The third-order valence-corrected chi connectivity index (χ3v) is 3.40. The van der Waals surface area contributed by atoms with E-state index in [0.29, 0.717) is 18.0 Å². The molecule has 1 aromatic carbocycles. The molecule has 1 aromatic heterocycles. The van der Waals surface area contributed by atoms with E-state index in [1.54, 1.807) is 18.2 Å². The third-order valence-electron chi connectivity index (χ3n) is 3.15. The minimum absolute atomic E-state index is 0.0905. The number of benzene rings is 1. The van der Waals surface area contributed by atoms with Crippen LogP contribution in [0.25, 0.3) is 0 Å². The number of ether oxygens (including phenoxy) is 1. The monoisotopic (exact) mass is 364 g/mol. The molecule has 0 atom stereocenters. The first-order chi connectivity index (χ1) is 12.0. The molecule has 0 bridgehead atoms. The molecule has 0 aliphatic carbocycles. The van der Waals surface area contributed by atoms with Gasteiger partial charge in [-0.15, -0.1) is 0 Å². The molecule has 2 N–H and O–H groups in total. The van der Waals surface area contributed by atoms with E-state index >= 15 is 0 Å². The predicted octanol–water partition coefficient (Wildman–Crippen LogP) is 1.56. The Morgan fingerprint density at radius 3 is 2.52 bits per heavy atom. The minimum atomic E-state index is -0.715. The second-order valence-electron chi connectivity index (χ2n) is 5.05. The summed E-state index contributed by atoms with van der Waals surface area (Å²) in [5.74, 6) is -1.57. The fourth-order valence-corrected chi connectivity index (χ4v) is 2.02. The standard InChI is InChI=1S/C17H17ClN2O5/c18-13-5-3-12(4-6-13)7-8-19-15(21)11-25-16(22)10-20-17(23)14-2-1-9-24-14/h1-6,9H,7-8,10-11H2,(H,19,21)(H,20,23). The van der Waals surface area contributed by atoms with Gasteiger partial charge in [-0.3, -0.25) is 14.4 Å². The first-order valence-corrected chi connectivity index (χ1v) is 7.91. The zero-order valence-electron chi connectivity index (χ0n) is 13.3. The Hall–Kier alpha value is -2.80. The van der Waals surface area contributed by atoms with Crippen molar-refractivity contribution < 1.29 is 23.5 Å². The van der Waals surface area contributed by atoms with Gasteiger partial charge in [0.05, 0.1) is 6.26 Å². The highest BCUT2D eigenvalue weighted by Crippen LogP contribution is 2.09. The number of carbonyl (C=O) groups excluding carboxylic acids is 3. The number of amides is 2. The maximum Gasteiger partial charge on any atom is 0.325 e. The molecule has 0 aliphatic rings. The first kappa shape index (κ1) is 18.5. The second-order valence-corrected chi connectivity index (χ2v) is 5.48. The zero-order chi connectivity index (χ0) is 18.1. The Balaban J connectivity index is 1.58. The van der Waals surface area contributed by atoms with Gasteiger partial charge in [0.15, 0.2) is 12.4 Å². The summed E-state index contributed by atoms with van der Waals surface area (Å²) in [7, 11) is 0. The average molecular weight is 365 g/mol. The van der Waals surface area contributed by atoms with E-state index in [9.17, 15) is 14.4 Å². The Morgan fingerprint density at radius 1 is 1.08 bits per heavy atom. The third kappa shape index (κ3) is 6.68. The number of nitrogens with one attached hydrogen (secondary N) is 2. The van der Waals surface area contributed by atoms with Gasteiger partial charge in [0, 0.05) is 11.6 Å². The lowest BCUT2D eigenvalue weighted by Gasteiger charge is -2.07. The lowest BCUT2D eigenvalue weighted by atomic mass is 10.1. The van der Waals surface area contributed by atoms with Gasteiger partial charge in [-0.1, -0.05) is 23.7 Å². The summed E-state index contributed by atoms with van der Waals surface area (Å²) in [5.41, 5.74) is 1.03. The highest BCUT2D eigenvalue weighted by atomic mass is 35.5. The van der Waals surface area contributed by atoms with Crippen LogP contribution in [0.5, 0.6) is 0 Å². The van der Waals surface area contributed by atoms with Crippen LogP contribution in [-0.2, 0) is 20.7 Å². The van der Waals surface area contributed by atoms with Crippen molar-refractivity contribution in [2.75, 3.05) is 19.7 Å². The number of furan rings is 1. The van der Waals surface area contributed by atoms with Crippen molar-refractivity contribution >= 4 is 29.4 Å². The van der Waals surface area contributed by atoms with E-state index in [0.717, 1.165) is 5.56 Å². The van der Waals surface area contributed by atoms with Crippen LogP contribution in [0.4, 0.5) is 0 Å². The van der Waals surface area contributed by atoms with Crippen molar-refractivity contribution in [3.8, 4) is 0 Å². The first-order valence-electron chi connectivity index (χ1n) is 7.53. The van der Waals surface area contributed by atoms with Crippen molar-refractivity contribution in [3.05, 3.63) is 59.0 Å². The van der Waals surface area contributed by atoms with Crippen molar-refractivity contribution in [2.45, 2.75) is 6.42 Å². The van der Waals surface area contributed by atoms with Crippen LogP contribution in [0.2, 0.25) is 5.02 Å². The molecule has 0 fully saturated rings. The number of esters is 1. The molecule has 2 amide bonds. The summed E-state index contributed by atoms with van der Waals surface area (Å²) in [5, 5.41) is 5.62. The van der Waals surface area contributed by atoms with Crippen LogP contribution in [0, 0.1) is 0 Å². The summed E-state index contributed by atoms with van der Waals surface area (Å²) in [4.78, 5) is 34.6. The molecular formula is C17H17ClN2O5. The molecule has 0 saturated heterocycles.